The Balaban J connectivity index is 1.73. The molecular weight excluding hydrogens is 549 g/mol. The highest BCUT2D eigenvalue weighted by Gasteiger charge is 2.28. The van der Waals surface area contributed by atoms with Gasteiger partial charge in [0.2, 0.25) is 0 Å². The number of nitrogens with one attached hydrogen (secondary N) is 1. The van der Waals surface area contributed by atoms with Gasteiger partial charge in [0.05, 0.1) is 10.6 Å². The van der Waals surface area contributed by atoms with Crippen LogP contribution in [-0.4, -0.2) is 36.9 Å². The van der Waals surface area contributed by atoms with E-state index in [1.165, 1.54) is 42.6 Å². The number of amides is 1. The Morgan fingerprint density at radius 1 is 0.861 bits per heavy atom. The number of carbonyl (C=O) groups excluding carboxylic acids is 1. The summed E-state index contributed by atoms with van der Waals surface area (Å²) in [7, 11) is -4.34. The van der Waals surface area contributed by atoms with Gasteiger partial charge in [-0.3, -0.25) is 18.9 Å². The number of fused-ring (bicyclic) bond motifs is 1. The number of carbonyl (C=O) groups is 2. The van der Waals surface area contributed by atoms with Crippen LogP contribution in [0.2, 0.25) is 15.1 Å². The van der Waals surface area contributed by atoms with Gasteiger partial charge in [0, 0.05) is 27.0 Å². The minimum Gasteiger partial charge on any atom is -0.480 e. The Labute approximate surface area is 221 Å². The highest BCUT2D eigenvalue weighted by atomic mass is 35.5. The van der Waals surface area contributed by atoms with E-state index in [1.807, 2.05) is 0 Å². The Bertz CT molecular complexity index is 1590. The van der Waals surface area contributed by atoms with E-state index in [9.17, 15) is 23.1 Å². The van der Waals surface area contributed by atoms with Crippen LogP contribution in [0.4, 0.5) is 11.4 Å². The first-order chi connectivity index (χ1) is 17.0. The van der Waals surface area contributed by atoms with Crippen molar-refractivity contribution < 1.29 is 23.1 Å². The summed E-state index contributed by atoms with van der Waals surface area (Å²) < 4.78 is 27.5. The summed E-state index contributed by atoms with van der Waals surface area (Å²) in [6.45, 7) is -0.838. The Morgan fingerprint density at radius 3 is 2.22 bits per heavy atom. The third-order valence-corrected chi connectivity index (χ3v) is 7.45. The number of hydrogen-bond acceptors (Lipinski definition) is 5. The van der Waals surface area contributed by atoms with Crippen molar-refractivity contribution in [2.45, 2.75) is 4.90 Å². The normalized spacial score (nSPS) is 11.3. The molecule has 0 aliphatic heterocycles. The lowest BCUT2D eigenvalue weighted by Crippen LogP contribution is -2.35. The van der Waals surface area contributed by atoms with Crippen LogP contribution in [0.3, 0.4) is 0 Å². The first-order valence-electron chi connectivity index (χ1n) is 10.2. The second kappa shape index (κ2) is 10.3. The fraction of sp³-hybridized carbons (Fsp3) is 0.0417. The number of halogens is 3. The average Bonchev–Trinajstić information content (AvgIpc) is 2.81. The first kappa shape index (κ1) is 25.7. The van der Waals surface area contributed by atoms with Gasteiger partial charge in [0.1, 0.15) is 12.2 Å². The minimum absolute atomic E-state index is 0.0874. The van der Waals surface area contributed by atoms with Crippen molar-refractivity contribution in [1.82, 2.24) is 4.98 Å². The van der Waals surface area contributed by atoms with Crippen LogP contribution in [0.1, 0.15) is 10.5 Å². The van der Waals surface area contributed by atoms with Crippen LogP contribution in [0, 0.1) is 0 Å². The number of carboxylic acid groups (broad SMARTS) is 1. The van der Waals surface area contributed by atoms with Crippen LogP contribution in [0.15, 0.2) is 77.8 Å². The number of benzene rings is 3. The summed E-state index contributed by atoms with van der Waals surface area (Å²) in [6.07, 6.45) is 1.41. The van der Waals surface area contributed by atoms with Crippen LogP contribution < -0.4 is 9.62 Å². The summed E-state index contributed by atoms with van der Waals surface area (Å²) in [5, 5.41) is 14.0. The number of aliphatic carboxylic acids is 1. The molecule has 184 valence electrons. The van der Waals surface area contributed by atoms with Crippen molar-refractivity contribution in [2.24, 2.45) is 0 Å². The summed E-state index contributed by atoms with van der Waals surface area (Å²) in [6, 6.07) is 16.4. The highest BCUT2D eigenvalue weighted by molar-refractivity contribution is 7.92. The molecule has 4 aromatic rings. The SMILES string of the molecule is O=C(O)CN(c1ccc2ccc(NC(=O)c3cc(Cl)ccn3)cc2c1)S(=O)(=O)c1cc(Cl)cc(Cl)c1. The second-order valence-electron chi connectivity index (χ2n) is 7.57. The van der Waals surface area contributed by atoms with Crippen LogP contribution >= 0.6 is 34.8 Å². The first-order valence-corrected chi connectivity index (χ1v) is 12.8. The predicted octanol–water partition coefficient (Wildman–Crippen LogP) is 5.73. The summed E-state index contributed by atoms with van der Waals surface area (Å²) in [5.41, 5.74) is 0.636. The number of hydrogen-bond donors (Lipinski definition) is 2. The number of pyridine rings is 1. The number of rotatable bonds is 7. The van der Waals surface area contributed by atoms with Crippen molar-refractivity contribution in [3.63, 3.8) is 0 Å². The molecule has 0 aliphatic carbocycles. The summed E-state index contributed by atoms with van der Waals surface area (Å²) in [4.78, 5) is 27.8. The van der Waals surface area contributed by atoms with E-state index in [0.717, 1.165) is 9.69 Å². The zero-order valence-corrected chi connectivity index (χ0v) is 21.2. The standard InChI is InChI=1S/C24H16Cl3N3O5S/c25-16-5-6-28-22(12-16)24(33)29-19-3-1-14-2-4-20(8-15(14)7-19)30(13-23(31)32)36(34,35)21-10-17(26)9-18(27)11-21/h1-12H,13H2,(H,29,33)(H,31,32). The topological polar surface area (TPSA) is 117 Å². The molecule has 0 aliphatic rings. The summed E-state index contributed by atoms with van der Waals surface area (Å²) >= 11 is 17.9. The molecule has 0 fully saturated rings. The maximum atomic E-state index is 13.4. The highest BCUT2D eigenvalue weighted by Crippen LogP contribution is 2.31. The smallest absolute Gasteiger partial charge is 0.324 e. The summed E-state index contributed by atoms with van der Waals surface area (Å²) in [5.74, 6) is -1.84. The molecule has 1 aromatic heterocycles. The van der Waals surface area contributed by atoms with Gasteiger partial charge in [-0.05, 0) is 65.4 Å². The molecule has 0 spiro atoms. The van der Waals surface area contributed by atoms with Gasteiger partial charge in [-0.25, -0.2) is 8.42 Å². The van der Waals surface area contributed by atoms with Gasteiger partial charge < -0.3 is 10.4 Å². The lowest BCUT2D eigenvalue weighted by Gasteiger charge is -2.23. The number of nitrogens with zero attached hydrogens (tertiary/aromatic N) is 2. The van der Waals surface area contributed by atoms with E-state index in [4.69, 9.17) is 34.8 Å². The molecule has 2 N–H and O–H groups in total. The van der Waals surface area contributed by atoms with E-state index in [1.54, 1.807) is 30.3 Å². The van der Waals surface area contributed by atoms with Crippen molar-refractivity contribution in [3.05, 3.63) is 93.7 Å². The molecule has 12 heteroatoms. The molecule has 0 saturated carbocycles. The molecule has 0 saturated heterocycles. The van der Waals surface area contributed by atoms with Gasteiger partial charge >= 0.3 is 5.97 Å². The number of aromatic nitrogens is 1. The molecule has 0 unspecified atom stereocenters. The molecule has 3 aromatic carbocycles. The lowest BCUT2D eigenvalue weighted by molar-refractivity contribution is -0.135. The fourth-order valence-electron chi connectivity index (χ4n) is 3.43. The van der Waals surface area contributed by atoms with Crippen molar-refractivity contribution >= 4 is 78.8 Å². The van der Waals surface area contributed by atoms with Crippen LogP contribution in [0.5, 0.6) is 0 Å². The number of carboxylic acids is 1. The van der Waals surface area contributed by atoms with Crippen molar-refractivity contribution in [3.8, 4) is 0 Å². The molecule has 1 amide bonds. The van der Waals surface area contributed by atoms with Gasteiger partial charge in [-0.15, -0.1) is 0 Å². The number of anilines is 2. The van der Waals surface area contributed by atoms with Crippen molar-refractivity contribution in [1.29, 1.82) is 0 Å². The number of sulfonamides is 1. The van der Waals surface area contributed by atoms with E-state index < -0.39 is 28.4 Å². The second-order valence-corrected chi connectivity index (χ2v) is 10.7. The quantitative estimate of drug-likeness (QED) is 0.296. The monoisotopic (exact) mass is 563 g/mol. The van der Waals surface area contributed by atoms with E-state index in [0.29, 0.717) is 16.1 Å². The molecule has 36 heavy (non-hydrogen) atoms. The van der Waals surface area contributed by atoms with Gasteiger partial charge in [0.15, 0.2) is 0 Å². The third-order valence-electron chi connectivity index (χ3n) is 5.03. The average molecular weight is 565 g/mol. The maximum absolute atomic E-state index is 13.4. The molecule has 1 heterocycles. The molecule has 4 rings (SSSR count). The van der Waals surface area contributed by atoms with Gasteiger partial charge in [-0.1, -0.05) is 46.9 Å². The van der Waals surface area contributed by atoms with E-state index in [2.05, 4.69) is 10.3 Å². The molecule has 0 atom stereocenters. The zero-order valence-electron chi connectivity index (χ0n) is 18.2. The van der Waals surface area contributed by atoms with Gasteiger partial charge in [0.25, 0.3) is 15.9 Å². The third kappa shape index (κ3) is 5.71. The maximum Gasteiger partial charge on any atom is 0.324 e. The van der Waals surface area contributed by atoms with Crippen LogP contribution in [-0.2, 0) is 14.8 Å². The Morgan fingerprint density at radius 2 is 1.56 bits per heavy atom. The predicted molar refractivity (Wildman–Crippen MR) is 140 cm³/mol. The van der Waals surface area contributed by atoms with E-state index >= 15 is 0 Å². The van der Waals surface area contributed by atoms with Crippen LogP contribution in [0.25, 0.3) is 10.8 Å². The molecule has 0 radical (unpaired) electrons. The minimum atomic E-state index is -4.34. The van der Waals surface area contributed by atoms with Crippen molar-refractivity contribution in [2.75, 3.05) is 16.2 Å². The fourth-order valence-corrected chi connectivity index (χ4v) is 5.73. The Kier molecular flexibility index (Phi) is 7.37. The zero-order chi connectivity index (χ0) is 26.0. The van der Waals surface area contributed by atoms with E-state index in [-0.39, 0.29) is 26.3 Å². The molecular formula is C24H16Cl3N3O5S. The largest absolute Gasteiger partial charge is 0.480 e. The Hall–Kier alpha value is -3.37. The van der Waals surface area contributed by atoms with Gasteiger partial charge in [-0.2, -0.15) is 0 Å². The molecule has 0 bridgehead atoms. The molecule has 8 nitrogen and oxygen atoms in total. The lowest BCUT2D eigenvalue weighted by atomic mass is 10.1.